The van der Waals surface area contributed by atoms with Crippen molar-refractivity contribution in [3.8, 4) is 11.5 Å². The molecule has 0 aliphatic carbocycles. The van der Waals surface area contributed by atoms with E-state index in [4.69, 9.17) is 32.7 Å². The molecule has 8 rings (SSSR count). The largest absolute Gasteiger partial charge is 0.494 e. The third kappa shape index (κ3) is 10.2. The maximum atomic E-state index is 13.9. The molecule has 0 radical (unpaired) electrons. The molecule has 0 saturated heterocycles. The van der Waals surface area contributed by atoms with E-state index in [1.54, 1.807) is 30.3 Å². The van der Waals surface area contributed by atoms with Crippen LogP contribution < -0.4 is 19.5 Å². The first-order valence-electron chi connectivity index (χ1n) is 20.7. The minimum atomic E-state index is -4.16. The summed E-state index contributed by atoms with van der Waals surface area (Å²) in [6, 6.07) is 35.9. The van der Waals surface area contributed by atoms with Crippen LogP contribution in [0.4, 0.5) is 5.69 Å². The Morgan fingerprint density at radius 3 is 2.12 bits per heavy atom. The first-order chi connectivity index (χ1) is 30.8. The van der Waals surface area contributed by atoms with Crippen LogP contribution in [0.5, 0.6) is 11.5 Å². The van der Waals surface area contributed by atoms with Gasteiger partial charge in [-0.15, -0.1) is 22.7 Å². The van der Waals surface area contributed by atoms with Crippen LogP contribution in [0.25, 0.3) is 30.9 Å². The molecule has 328 valence electrons. The summed E-state index contributed by atoms with van der Waals surface area (Å²) in [6.07, 6.45) is 2.08. The van der Waals surface area contributed by atoms with Gasteiger partial charge in [-0.25, -0.2) is 17.9 Å². The van der Waals surface area contributed by atoms with E-state index >= 15 is 0 Å². The summed E-state index contributed by atoms with van der Waals surface area (Å²) in [5, 5.41) is 18.0. The minimum absolute atomic E-state index is 0.301. The monoisotopic (exact) mass is 950 g/mol. The van der Waals surface area contributed by atoms with Crippen LogP contribution in [-0.2, 0) is 35.2 Å². The number of sulfonamides is 1. The number of rotatable bonds is 18. The Balaban J connectivity index is 0.931. The van der Waals surface area contributed by atoms with Crippen molar-refractivity contribution in [2.24, 2.45) is 0 Å². The lowest BCUT2D eigenvalue weighted by Crippen LogP contribution is -2.31. The minimum Gasteiger partial charge on any atom is -0.494 e. The third-order valence-electron chi connectivity index (χ3n) is 10.9. The lowest BCUT2D eigenvalue weighted by atomic mass is 10.0. The molecular formula is C50H44Cl2N2O7S3. The van der Waals surface area contributed by atoms with Gasteiger partial charge in [-0.3, -0.25) is 4.79 Å². The first kappa shape index (κ1) is 45.0. The summed E-state index contributed by atoms with van der Waals surface area (Å²) in [7, 11) is -4.16. The number of aryl methyl sites for hydroxylation is 4. The van der Waals surface area contributed by atoms with Crippen molar-refractivity contribution in [2.45, 2.75) is 51.8 Å². The Bertz CT molecular complexity index is 3130. The van der Waals surface area contributed by atoms with Gasteiger partial charge in [-0.05, 0) is 125 Å². The fourth-order valence-corrected chi connectivity index (χ4v) is 11.9. The van der Waals surface area contributed by atoms with Gasteiger partial charge in [0.05, 0.1) is 34.2 Å². The molecule has 8 aromatic rings. The molecule has 0 fully saturated rings. The molecule has 14 heteroatoms. The number of ether oxygens (including phenoxy) is 2. The number of carboxylic acid groups (broad SMARTS) is 1. The van der Waals surface area contributed by atoms with Gasteiger partial charge < -0.3 is 19.9 Å². The molecule has 0 unspecified atom stereocenters. The number of anilines is 1. The Labute approximate surface area is 389 Å². The molecule has 1 amide bonds. The first-order valence-corrected chi connectivity index (χ1v) is 24.7. The van der Waals surface area contributed by atoms with Crippen LogP contribution in [0.1, 0.15) is 65.6 Å². The van der Waals surface area contributed by atoms with Crippen LogP contribution in [0.2, 0.25) is 10.0 Å². The number of nitrogens with one attached hydrogen (secondary N) is 2. The maximum Gasteiger partial charge on any atom is 0.346 e. The molecule has 64 heavy (non-hydrogen) atoms. The van der Waals surface area contributed by atoms with Crippen LogP contribution in [0, 0.1) is 13.8 Å². The van der Waals surface area contributed by atoms with Crippen LogP contribution in [0.15, 0.2) is 115 Å². The van der Waals surface area contributed by atoms with Gasteiger partial charge in [0.1, 0.15) is 16.4 Å². The zero-order valence-corrected chi connectivity index (χ0v) is 39.0. The number of amides is 1. The fraction of sp³-hybridized carbons (Fsp3) is 0.200. The van der Waals surface area contributed by atoms with E-state index in [1.165, 1.54) is 22.7 Å². The molecule has 2 heterocycles. The number of fused-ring (bicyclic) bond motifs is 3. The van der Waals surface area contributed by atoms with E-state index < -0.39 is 27.7 Å². The molecule has 0 spiro atoms. The Kier molecular flexibility index (Phi) is 13.8. The molecule has 9 nitrogen and oxygen atoms in total. The number of carbonyl (C=O) groups excluding carboxylic acids is 1. The quantitative estimate of drug-likeness (QED) is 0.0725. The standard InChI is InChI=1S/C50H44Cl2N2O7S3/c1-30-25-35(26-31(2)45(30)52)60-23-9-17-39-38-22-21-34(51)27-44(38)62-47(39)49(55)54-64(58,59)29-33-13-6-15-37-36(33)14-8-20-43(37)61-24-10-18-41-40-16-7-19-42(46(40)63-48(41)50(56)57)53-28-32-11-4-3-5-12-32/h3-8,11-16,19-22,25-27,53H,9-10,17-18,23-24,28-29H2,1-2H3,(H,54,55)(H,56,57). The molecular weight excluding hydrogens is 908 g/mol. The Hall–Kier alpha value is -5.63. The molecule has 6 aromatic carbocycles. The number of halogens is 2. The maximum absolute atomic E-state index is 13.9. The van der Waals surface area contributed by atoms with Gasteiger partial charge in [0.25, 0.3) is 5.91 Å². The van der Waals surface area contributed by atoms with Crippen molar-refractivity contribution in [3.05, 3.63) is 168 Å². The van der Waals surface area contributed by atoms with E-state index in [0.717, 1.165) is 59.1 Å². The van der Waals surface area contributed by atoms with Crippen molar-refractivity contribution in [1.82, 2.24) is 4.72 Å². The lowest BCUT2D eigenvalue weighted by molar-refractivity contribution is 0.0700. The average molecular weight is 952 g/mol. The van der Waals surface area contributed by atoms with Crippen molar-refractivity contribution in [2.75, 3.05) is 18.5 Å². The summed E-state index contributed by atoms with van der Waals surface area (Å²) >= 11 is 15.1. The van der Waals surface area contributed by atoms with Gasteiger partial charge in [-0.2, -0.15) is 0 Å². The second-order valence-corrected chi connectivity index (χ2v) is 20.1. The number of carboxylic acids is 1. The number of hydrogen-bond acceptors (Lipinski definition) is 9. The van der Waals surface area contributed by atoms with Crippen LogP contribution in [-0.4, -0.2) is 38.6 Å². The number of thiophene rings is 2. The number of hydrogen-bond donors (Lipinski definition) is 3. The smallest absolute Gasteiger partial charge is 0.346 e. The van der Waals surface area contributed by atoms with Crippen molar-refractivity contribution in [1.29, 1.82) is 0 Å². The van der Waals surface area contributed by atoms with Gasteiger partial charge in [-0.1, -0.05) is 102 Å². The Morgan fingerprint density at radius 1 is 0.703 bits per heavy atom. The van der Waals surface area contributed by atoms with E-state index in [0.29, 0.717) is 87.7 Å². The van der Waals surface area contributed by atoms with Gasteiger partial charge >= 0.3 is 5.97 Å². The van der Waals surface area contributed by atoms with E-state index in [2.05, 4.69) is 10.0 Å². The zero-order valence-electron chi connectivity index (χ0n) is 35.0. The van der Waals surface area contributed by atoms with Crippen molar-refractivity contribution in [3.63, 3.8) is 0 Å². The van der Waals surface area contributed by atoms with Gasteiger partial charge in [0.15, 0.2) is 0 Å². The average Bonchev–Trinajstić information content (AvgIpc) is 3.84. The SMILES string of the molecule is Cc1cc(OCCCc2c(C(=O)NS(=O)(=O)Cc3cccc4c(OCCCc5c(C(=O)O)sc6c(NCc7ccccc7)cccc56)cccc34)sc3cc(Cl)ccc23)cc(C)c1Cl. The van der Waals surface area contributed by atoms with Crippen molar-refractivity contribution >= 4 is 104 Å². The summed E-state index contributed by atoms with van der Waals surface area (Å²) in [5.41, 5.74) is 5.86. The third-order valence-corrected chi connectivity index (χ3v) is 15.4. The van der Waals surface area contributed by atoms with Crippen molar-refractivity contribution < 1.29 is 32.6 Å². The zero-order chi connectivity index (χ0) is 45.0. The highest BCUT2D eigenvalue weighted by molar-refractivity contribution is 7.89. The highest BCUT2D eigenvalue weighted by atomic mass is 35.5. The summed E-state index contributed by atoms with van der Waals surface area (Å²) < 4.78 is 43.8. The predicted molar refractivity (Wildman–Crippen MR) is 262 cm³/mol. The van der Waals surface area contributed by atoms with Crippen LogP contribution >= 0.6 is 45.9 Å². The van der Waals surface area contributed by atoms with E-state index in [9.17, 15) is 23.1 Å². The normalized spacial score (nSPS) is 11.6. The molecule has 2 aromatic heterocycles. The molecule has 0 saturated carbocycles. The molecule has 0 aliphatic rings. The van der Waals surface area contributed by atoms with E-state index in [1.807, 2.05) is 98.8 Å². The number of benzene rings is 6. The second kappa shape index (κ2) is 19.6. The molecule has 0 bridgehead atoms. The highest BCUT2D eigenvalue weighted by Gasteiger charge is 2.25. The molecule has 3 N–H and O–H groups in total. The summed E-state index contributed by atoms with van der Waals surface area (Å²) in [4.78, 5) is 26.9. The van der Waals surface area contributed by atoms with Crippen LogP contribution in [0.3, 0.4) is 0 Å². The molecule has 0 aliphatic heterocycles. The number of aromatic carboxylic acids is 1. The number of carbonyl (C=O) groups is 2. The molecule has 0 atom stereocenters. The lowest BCUT2D eigenvalue weighted by Gasteiger charge is -2.13. The summed E-state index contributed by atoms with van der Waals surface area (Å²) in [5.74, 6) is -0.829. The van der Waals surface area contributed by atoms with Gasteiger partial charge in [0, 0.05) is 26.7 Å². The highest BCUT2D eigenvalue weighted by Crippen LogP contribution is 2.38. The van der Waals surface area contributed by atoms with E-state index in [-0.39, 0.29) is 0 Å². The topological polar surface area (TPSA) is 131 Å². The summed E-state index contributed by atoms with van der Waals surface area (Å²) in [6.45, 7) is 5.15. The predicted octanol–water partition coefficient (Wildman–Crippen LogP) is 12.8. The Morgan fingerprint density at radius 2 is 1.38 bits per heavy atom. The van der Waals surface area contributed by atoms with Gasteiger partial charge in [0.2, 0.25) is 10.0 Å². The fourth-order valence-electron chi connectivity index (χ4n) is 7.97. The second-order valence-electron chi connectivity index (χ2n) is 15.5.